The molecule has 0 saturated heterocycles. The van der Waals surface area contributed by atoms with Gasteiger partial charge < -0.3 is 4.74 Å². The predicted molar refractivity (Wildman–Crippen MR) is 71.5 cm³/mol. The highest BCUT2D eigenvalue weighted by Crippen LogP contribution is 2.11. The van der Waals surface area contributed by atoms with Crippen LogP contribution in [0.5, 0.6) is 0 Å². The number of carbonyl (C=O) groups is 1. The molecule has 18 heavy (non-hydrogen) atoms. The van der Waals surface area contributed by atoms with E-state index in [2.05, 4.69) is 6.07 Å². The zero-order valence-electron chi connectivity index (χ0n) is 10.6. The standard InChI is InChI=1S/C16H16O2/c1-12-8-13(2)10-14(9-12)11-18-16(17)15-6-4-3-5-7-15/h3-10H,11H2,1-2H3. The Balaban J connectivity index is 2.02. The highest BCUT2D eigenvalue weighted by atomic mass is 16.5. The molecule has 2 aromatic rings. The van der Waals surface area contributed by atoms with Crippen LogP contribution in [-0.4, -0.2) is 5.97 Å². The summed E-state index contributed by atoms with van der Waals surface area (Å²) in [6, 6.07) is 15.2. The van der Waals surface area contributed by atoms with Gasteiger partial charge in [-0.2, -0.15) is 0 Å². The third-order valence-electron chi connectivity index (χ3n) is 2.66. The summed E-state index contributed by atoms with van der Waals surface area (Å²) >= 11 is 0. The first-order chi connectivity index (χ1) is 8.65. The van der Waals surface area contributed by atoms with Crippen molar-refractivity contribution in [3.05, 3.63) is 70.8 Å². The maximum absolute atomic E-state index is 11.8. The van der Waals surface area contributed by atoms with Gasteiger partial charge in [-0.05, 0) is 31.5 Å². The van der Waals surface area contributed by atoms with Crippen LogP contribution in [0.2, 0.25) is 0 Å². The molecule has 2 aromatic carbocycles. The summed E-state index contributed by atoms with van der Waals surface area (Å²) in [5.41, 5.74) is 3.97. The lowest BCUT2D eigenvalue weighted by Crippen LogP contribution is -2.05. The van der Waals surface area contributed by atoms with Crippen LogP contribution in [0.4, 0.5) is 0 Å². The second-order valence-electron chi connectivity index (χ2n) is 4.44. The van der Waals surface area contributed by atoms with E-state index in [4.69, 9.17) is 4.74 Å². The number of hydrogen-bond acceptors (Lipinski definition) is 2. The fraction of sp³-hybridized carbons (Fsp3) is 0.188. The van der Waals surface area contributed by atoms with Gasteiger partial charge >= 0.3 is 5.97 Å². The Kier molecular flexibility index (Phi) is 3.78. The Bertz CT molecular complexity index is 524. The summed E-state index contributed by atoms with van der Waals surface area (Å²) in [6.45, 7) is 4.39. The Morgan fingerprint density at radius 3 is 2.22 bits per heavy atom. The molecule has 0 unspecified atom stereocenters. The molecule has 0 aliphatic heterocycles. The molecular weight excluding hydrogens is 224 g/mol. The molecule has 0 atom stereocenters. The second-order valence-corrected chi connectivity index (χ2v) is 4.44. The maximum atomic E-state index is 11.8. The van der Waals surface area contributed by atoms with Gasteiger partial charge in [0.2, 0.25) is 0 Å². The molecule has 0 N–H and O–H groups in total. The summed E-state index contributed by atoms with van der Waals surface area (Å²) in [6.07, 6.45) is 0. The average molecular weight is 240 g/mol. The molecule has 2 rings (SSSR count). The van der Waals surface area contributed by atoms with Crippen molar-refractivity contribution in [3.8, 4) is 0 Å². The summed E-state index contributed by atoms with van der Waals surface area (Å²) in [5, 5.41) is 0. The van der Waals surface area contributed by atoms with E-state index < -0.39 is 0 Å². The number of benzene rings is 2. The topological polar surface area (TPSA) is 26.3 Å². The molecule has 0 radical (unpaired) electrons. The van der Waals surface area contributed by atoms with E-state index in [1.807, 2.05) is 44.2 Å². The Morgan fingerprint density at radius 1 is 1.00 bits per heavy atom. The number of ether oxygens (including phenoxy) is 1. The van der Waals surface area contributed by atoms with Crippen molar-refractivity contribution in [3.63, 3.8) is 0 Å². The number of hydrogen-bond donors (Lipinski definition) is 0. The van der Waals surface area contributed by atoms with Crippen LogP contribution in [0.3, 0.4) is 0 Å². The first kappa shape index (κ1) is 12.4. The van der Waals surface area contributed by atoms with Gasteiger partial charge in [0.05, 0.1) is 5.56 Å². The van der Waals surface area contributed by atoms with Crippen molar-refractivity contribution >= 4 is 5.97 Å². The van der Waals surface area contributed by atoms with Crippen molar-refractivity contribution in [1.82, 2.24) is 0 Å². The van der Waals surface area contributed by atoms with E-state index in [0.29, 0.717) is 12.2 Å². The number of rotatable bonds is 3. The molecule has 0 amide bonds. The molecule has 0 aliphatic rings. The van der Waals surface area contributed by atoms with Crippen molar-refractivity contribution in [1.29, 1.82) is 0 Å². The minimum atomic E-state index is -0.283. The SMILES string of the molecule is Cc1cc(C)cc(COC(=O)c2ccccc2)c1. The monoisotopic (exact) mass is 240 g/mol. The van der Waals surface area contributed by atoms with Gasteiger partial charge in [-0.3, -0.25) is 0 Å². The van der Waals surface area contributed by atoms with Crippen LogP contribution >= 0.6 is 0 Å². The van der Waals surface area contributed by atoms with Crippen LogP contribution in [0.25, 0.3) is 0 Å². The van der Waals surface area contributed by atoms with Crippen molar-refractivity contribution in [2.75, 3.05) is 0 Å². The van der Waals surface area contributed by atoms with Gasteiger partial charge in [0.25, 0.3) is 0 Å². The van der Waals surface area contributed by atoms with Crippen LogP contribution in [0.1, 0.15) is 27.0 Å². The molecule has 0 aromatic heterocycles. The zero-order chi connectivity index (χ0) is 13.0. The molecule has 0 saturated carbocycles. The normalized spacial score (nSPS) is 10.1. The summed E-state index contributed by atoms with van der Waals surface area (Å²) < 4.78 is 5.29. The van der Waals surface area contributed by atoms with E-state index in [9.17, 15) is 4.79 Å². The number of carbonyl (C=O) groups excluding carboxylic acids is 1. The van der Waals surface area contributed by atoms with Gasteiger partial charge in [0.15, 0.2) is 0 Å². The second kappa shape index (κ2) is 5.50. The zero-order valence-corrected chi connectivity index (χ0v) is 10.6. The van der Waals surface area contributed by atoms with Crippen molar-refractivity contribution < 1.29 is 9.53 Å². The van der Waals surface area contributed by atoms with Crippen LogP contribution in [-0.2, 0) is 11.3 Å². The lowest BCUT2D eigenvalue weighted by Gasteiger charge is -2.07. The maximum Gasteiger partial charge on any atom is 0.338 e. The lowest BCUT2D eigenvalue weighted by molar-refractivity contribution is 0.0472. The van der Waals surface area contributed by atoms with Crippen molar-refractivity contribution in [2.45, 2.75) is 20.5 Å². The van der Waals surface area contributed by atoms with Crippen LogP contribution in [0.15, 0.2) is 48.5 Å². The van der Waals surface area contributed by atoms with E-state index in [1.165, 1.54) is 11.1 Å². The van der Waals surface area contributed by atoms with Crippen LogP contribution in [0, 0.1) is 13.8 Å². The summed E-state index contributed by atoms with van der Waals surface area (Å²) in [4.78, 5) is 11.8. The van der Waals surface area contributed by atoms with Crippen molar-refractivity contribution in [2.24, 2.45) is 0 Å². The fourth-order valence-corrected chi connectivity index (χ4v) is 1.96. The average Bonchev–Trinajstić information content (AvgIpc) is 2.36. The largest absolute Gasteiger partial charge is 0.457 e. The quantitative estimate of drug-likeness (QED) is 0.765. The van der Waals surface area contributed by atoms with Gasteiger partial charge in [-0.15, -0.1) is 0 Å². The summed E-state index contributed by atoms with van der Waals surface area (Å²) in [7, 11) is 0. The van der Waals surface area contributed by atoms with Gasteiger partial charge in [-0.25, -0.2) is 4.79 Å². The highest BCUT2D eigenvalue weighted by molar-refractivity contribution is 5.89. The molecular formula is C16H16O2. The fourth-order valence-electron chi connectivity index (χ4n) is 1.96. The molecule has 92 valence electrons. The molecule has 0 fully saturated rings. The summed E-state index contributed by atoms with van der Waals surface area (Å²) in [5.74, 6) is -0.283. The Morgan fingerprint density at radius 2 is 1.61 bits per heavy atom. The lowest BCUT2D eigenvalue weighted by atomic mass is 10.1. The molecule has 0 bridgehead atoms. The van der Waals surface area contributed by atoms with E-state index in [0.717, 1.165) is 5.56 Å². The molecule has 2 heteroatoms. The third kappa shape index (κ3) is 3.20. The van der Waals surface area contributed by atoms with Gasteiger partial charge in [0.1, 0.15) is 6.61 Å². The predicted octanol–water partition coefficient (Wildman–Crippen LogP) is 3.66. The molecule has 0 spiro atoms. The minimum absolute atomic E-state index is 0.283. The highest BCUT2D eigenvalue weighted by Gasteiger charge is 2.06. The smallest absolute Gasteiger partial charge is 0.338 e. The first-order valence-electron chi connectivity index (χ1n) is 5.94. The third-order valence-corrected chi connectivity index (χ3v) is 2.66. The minimum Gasteiger partial charge on any atom is -0.457 e. The van der Waals surface area contributed by atoms with Crippen LogP contribution < -0.4 is 0 Å². The number of aryl methyl sites for hydroxylation is 2. The van der Waals surface area contributed by atoms with Gasteiger partial charge in [0, 0.05) is 0 Å². The molecule has 2 nitrogen and oxygen atoms in total. The Hall–Kier alpha value is -2.09. The number of esters is 1. The first-order valence-corrected chi connectivity index (χ1v) is 5.94. The van der Waals surface area contributed by atoms with E-state index in [1.54, 1.807) is 12.1 Å². The van der Waals surface area contributed by atoms with E-state index >= 15 is 0 Å². The van der Waals surface area contributed by atoms with E-state index in [-0.39, 0.29) is 5.97 Å². The Labute approximate surface area is 107 Å². The van der Waals surface area contributed by atoms with Gasteiger partial charge in [-0.1, -0.05) is 47.5 Å². The molecule has 0 heterocycles. The molecule has 0 aliphatic carbocycles.